The molecule has 3 heterocycles. The molecule has 1 aromatic carbocycles. The minimum Gasteiger partial charge on any atom is -0.487 e. The van der Waals surface area contributed by atoms with Crippen molar-refractivity contribution in [3.8, 4) is 22.6 Å². The number of pyridine rings is 1. The number of aryl methyl sites for hydroxylation is 1. The third kappa shape index (κ3) is 4.74. The Morgan fingerprint density at radius 1 is 1.12 bits per heavy atom. The molecular formula is C25H27N5O3. The van der Waals surface area contributed by atoms with Crippen molar-refractivity contribution >= 4 is 11.8 Å². The molecule has 5 rings (SSSR count). The number of carbonyl (C=O) groups is 2. The van der Waals surface area contributed by atoms with Gasteiger partial charge in [-0.25, -0.2) is 4.68 Å². The number of hydrogen-bond acceptors (Lipinski definition) is 5. The summed E-state index contributed by atoms with van der Waals surface area (Å²) in [6.07, 6.45) is 10.0. The van der Waals surface area contributed by atoms with Crippen LogP contribution in [0.15, 0.2) is 49.1 Å². The molecular weight excluding hydrogens is 418 g/mol. The van der Waals surface area contributed by atoms with E-state index in [0.29, 0.717) is 30.4 Å². The van der Waals surface area contributed by atoms with Crippen molar-refractivity contribution in [3.63, 3.8) is 0 Å². The number of carbonyl (C=O) groups excluding carboxylic acids is 2. The number of benzene rings is 1. The second-order valence-electron chi connectivity index (χ2n) is 8.82. The summed E-state index contributed by atoms with van der Waals surface area (Å²) in [5.74, 6) is 0.687. The van der Waals surface area contributed by atoms with Crippen molar-refractivity contribution in [3.05, 3.63) is 60.2 Å². The van der Waals surface area contributed by atoms with Gasteiger partial charge >= 0.3 is 0 Å². The Hall–Kier alpha value is -3.68. The largest absolute Gasteiger partial charge is 0.487 e. The minimum absolute atomic E-state index is 0.0320. The highest BCUT2D eigenvalue weighted by atomic mass is 16.5. The lowest BCUT2D eigenvalue weighted by Crippen LogP contribution is -2.28. The van der Waals surface area contributed by atoms with E-state index in [1.54, 1.807) is 35.1 Å². The number of nitrogens with one attached hydrogen (secondary N) is 1. The highest BCUT2D eigenvalue weighted by Gasteiger charge is 2.26. The Balaban J connectivity index is 1.33. The maximum Gasteiger partial charge on any atom is 0.251 e. The summed E-state index contributed by atoms with van der Waals surface area (Å²) in [7, 11) is 0. The van der Waals surface area contributed by atoms with Crippen molar-refractivity contribution < 1.29 is 14.3 Å². The summed E-state index contributed by atoms with van der Waals surface area (Å²) in [4.78, 5) is 30.1. The highest BCUT2D eigenvalue weighted by molar-refractivity contribution is 5.96. The number of hydrogen-bond donors (Lipinski definition) is 1. The van der Waals surface area contributed by atoms with Crippen molar-refractivity contribution in [1.82, 2.24) is 25.0 Å². The number of ether oxygens (including phenoxy) is 1. The van der Waals surface area contributed by atoms with E-state index < -0.39 is 0 Å². The first-order valence-electron chi connectivity index (χ1n) is 11.3. The van der Waals surface area contributed by atoms with Gasteiger partial charge < -0.3 is 15.0 Å². The average Bonchev–Trinajstić information content (AvgIpc) is 3.28. The molecule has 1 saturated heterocycles. The molecule has 1 N–H and O–H groups in total. The molecule has 1 unspecified atom stereocenters. The zero-order valence-electron chi connectivity index (χ0n) is 18.8. The van der Waals surface area contributed by atoms with E-state index in [0.717, 1.165) is 41.6 Å². The predicted molar refractivity (Wildman–Crippen MR) is 123 cm³/mol. The fourth-order valence-corrected chi connectivity index (χ4v) is 4.07. The summed E-state index contributed by atoms with van der Waals surface area (Å²) >= 11 is 0. The maximum absolute atomic E-state index is 12.5. The van der Waals surface area contributed by atoms with Crippen molar-refractivity contribution in [2.45, 2.75) is 45.3 Å². The quantitative estimate of drug-likeness (QED) is 0.630. The molecule has 3 aromatic rings. The van der Waals surface area contributed by atoms with Crippen LogP contribution >= 0.6 is 0 Å². The van der Waals surface area contributed by atoms with Gasteiger partial charge in [0.25, 0.3) is 5.91 Å². The lowest BCUT2D eigenvalue weighted by molar-refractivity contribution is -0.128. The van der Waals surface area contributed by atoms with Gasteiger partial charge in [-0.05, 0) is 43.0 Å². The van der Waals surface area contributed by atoms with Gasteiger partial charge in [0.1, 0.15) is 11.9 Å². The number of likely N-dealkylation sites (tertiary alicyclic amines) is 1. The van der Waals surface area contributed by atoms with Gasteiger partial charge in [-0.15, -0.1) is 0 Å². The summed E-state index contributed by atoms with van der Waals surface area (Å²) in [6.45, 7) is 4.91. The third-order valence-corrected chi connectivity index (χ3v) is 6.16. The first-order chi connectivity index (χ1) is 16.0. The molecule has 170 valence electrons. The molecule has 0 radical (unpaired) electrons. The number of aromatic nitrogens is 3. The fourth-order valence-electron chi connectivity index (χ4n) is 4.07. The molecule has 2 aliphatic rings. The minimum atomic E-state index is -0.0358. The Bertz CT molecular complexity index is 1200. The molecule has 1 aliphatic carbocycles. The number of nitrogens with zero attached hydrogens (tertiary/aromatic N) is 4. The van der Waals surface area contributed by atoms with Gasteiger partial charge in [-0.2, -0.15) is 5.10 Å². The molecule has 2 aromatic heterocycles. The zero-order valence-corrected chi connectivity index (χ0v) is 18.8. The first-order valence-corrected chi connectivity index (χ1v) is 11.3. The molecule has 0 bridgehead atoms. The molecule has 2 amide bonds. The second-order valence-corrected chi connectivity index (χ2v) is 8.82. The molecule has 33 heavy (non-hydrogen) atoms. The Labute approximate surface area is 192 Å². The maximum atomic E-state index is 12.5. The highest BCUT2D eigenvalue weighted by Crippen LogP contribution is 2.27. The van der Waals surface area contributed by atoms with Gasteiger partial charge in [0, 0.05) is 49.3 Å². The summed E-state index contributed by atoms with van der Waals surface area (Å²) < 4.78 is 7.82. The normalized spacial score (nSPS) is 17.8. The predicted octanol–water partition coefficient (Wildman–Crippen LogP) is 3.13. The fraction of sp³-hybridized carbons (Fsp3) is 0.360. The summed E-state index contributed by atoms with van der Waals surface area (Å²) in [5, 5.41) is 7.55. The van der Waals surface area contributed by atoms with Gasteiger partial charge in [-0.1, -0.05) is 6.07 Å². The van der Waals surface area contributed by atoms with Gasteiger partial charge in [0.05, 0.1) is 30.8 Å². The van der Waals surface area contributed by atoms with Crippen molar-refractivity contribution in [2.75, 3.05) is 13.1 Å². The molecule has 1 aliphatic heterocycles. The van der Waals surface area contributed by atoms with Crippen LogP contribution in [0.2, 0.25) is 0 Å². The lowest BCUT2D eigenvalue weighted by atomic mass is 10.0. The summed E-state index contributed by atoms with van der Waals surface area (Å²) in [5.41, 5.74) is 4.40. The molecule has 8 nitrogen and oxygen atoms in total. The van der Waals surface area contributed by atoms with Crippen LogP contribution in [0, 0.1) is 6.92 Å². The van der Waals surface area contributed by atoms with Crippen LogP contribution in [-0.2, 0) is 4.79 Å². The summed E-state index contributed by atoms with van der Waals surface area (Å²) in [6, 6.07) is 7.97. The van der Waals surface area contributed by atoms with Crippen LogP contribution in [0.25, 0.3) is 16.8 Å². The number of rotatable bonds is 6. The van der Waals surface area contributed by atoms with Gasteiger partial charge in [-0.3, -0.25) is 14.6 Å². The first kappa shape index (κ1) is 21.2. The van der Waals surface area contributed by atoms with Crippen molar-refractivity contribution in [2.24, 2.45) is 0 Å². The molecule has 1 atom stereocenters. The Kier molecular flexibility index (Phi) is 5.58. The SMILES string of the molecule is CC(=O)N1CCC(Oc2cncc(-n3cc(-c4cc(C(=O)NC5CC5)ccc4C)cn3)c2)C1. The van der Waals surface area contributed by atoms with Gasteiger partial charge in [0.15, 0.2) is 0 Å². The monoisotopic (exact) mass is 445 g/mol. The van der Waals surface area contributed by atoms with Crippen LogP contribution in [0.3, 0.4) is 0 Å². The van der Waals surface area contributed by atoms with Gasteiger partial charge in [0.2, 0.25) is 5.91 Å². The average molecular weight is 446 g/mol. The molecule has 0 spiro atoms. The topological polar surface area (TPSA) is 89.4 Å². The Morgan fingerprint density at radius 2 is 1.97 bits per heavy atom. The second kappa shape index (κ2) is 8.69. The van der Waals surface area contributed by atoms with E-state index in [-0.39, 0.29) is 17.9 Å². The smallest absolute Gasteiger partial charge is 0.251 e. The van der Waals surface area contributed by atoms with Crippen LogP contribution < -0.4 is 10.1 Å². The molecule has 1 saturated carbocycles. The van der Waals surface area contributed by atoms with E-state index in [9.17, 15) is 9.59 Å². The van der Waals surface area contributed by atoms with Crippen LogP contribution in [0.1, 0.15) is 42.1 Å². The standard InChI is InChI=1S/C25H27N5O3/c1-16-3-4-18(25(32)28-20-5-6-20)9-24(16)19-11-27-30(14-19)21-10-23(13-26-12-21)33-22-7-8-29(15-22)17(2)31/h3-4,9-14,20,22H,5-8,15H2,1-2H3,(H,28,32). The van der Waals surface area contributed by atoms with Crippen LogP contribution in [0.4, 0.5) is 0 Å². The third-order valence-electron chi connectivity index (χ3n) is 6.16. The van der Waals surface area contributed by atoms with E-state index in [1.807, 2.05) is 37.4 Å². The van der Waals surface area contributed by atoms with E-state index >= 15 is 0 Å². The van der Waals surface area contributed by atoms with Crippen LogP contribution in [0.5, 0.6) is 5.75 Å². The van der Waals surface area contributed by atoms with Crippen LogP contribution in [-0.4, -0.2) is 56.7 Å². The Morgan fingerprint density at radius 3 is 2.73 bits per heavy atom. The van der Waals surface area contributed by atoms with E-state index in [4.69, 9.17) is 4.74 Å². The zero-order chi connectivity index (χ0) is 22.9. The van der Waals surface area contributed by atoms with Crippen molar-refractivity contribution in [1.29, 1.82) is 0 Å². The van der Waals surface area contributed by atoms with E-state index in [1.165, 1.54) is 0 Å². The lowest BCUT2D eigenvalue weighted by Gasteiger charge is -2.15. The molecule has 8 heteroatoms. The molecule has 2 fully saturated rings. The van der Waals surface area contributed by atoms with E-state index in [2.05, 4.69) is 15.4 Å². The number of amides is 2.